The SMILES string of the molecule is CC[C@@H](C)N(Cc1cc(NC(=O)C(C)C)ccc1N(C)C)C(=O)NC(C)(C)C. The third kappa shape index (κ3) is 7.06. The largest absolute Gasteiger partial charge is 0.377 e. The topological polar surface area (TPSA) is 64.7 Å². The minimum Gasteiger partial charge on any atom is -0.377 e. The highest BCUT2D eigenvalue weighted by Crippen LogP contribution is 2.26. The monoisotopic (exact) mass is 390 g/mol. The second kappa shape index (κ2) is 9.80. The predicted octanol–water partition coefficient (Wildman–Crippen LogP) is 4.46. The number of rotatable bonds is 7. The lowest BCUT2D eigenvalue weighted by atomic mass is 10.1. The first-order chi connectivity index (χ1) is 12.9. The Balaban J connectivity index is 3.24. The summed E-state index contributed by atoms with van der Waals surface area (Å²) in [6.45, 7) is 14.3. The number of nitrogens with one attached hydrogen (secondary N) is 2. The summed E-state index contributed by atoms with van der Waals surface area (Å²) >= 11 is 0. The summed E-state index contributed by atoms with van der Waals surface area (Å²) in [6, 6.07) is 5.87. The second-order valence-electron chi connectivity index (χ2n) is 8.95. The highest BCUT2D eigenvalue weighted by Gasteiger charge is 2.24. The van der Waals surface area contributed by atoms with Gasteiger partial charge in [-0.2, -0.15) is 0 Å². The minimum absolute atomic E-state index is 0.0205. The van der Waals surface area contributed by atoms with Crippen LogP contribution in [0, 0.1) is 5.92 Å². The summed E-state index contributed by atoms with van der Waals surface area (Å²) in [5.41, 5.74) is 2.47. The van der Waals surface area contributed by atoms with E-state index in [1.54, 1.807) is 0 Å². The molecule has 0 fully saturated rings. The zero-order valence-corrected chi connectivity index (χ0v) is 19.0. The summed E-state index contributed by atoms with van der Waals surface area (Å²) in [7, 11) is 3.96. The molecule has 0 radical (unpaired) electrons. The van der Waals surface area contributed by atoms with Crippen LogP contribution >= 0.6 is 0 Å². The molecule has 0 heterocycles. The third-order valence-corrected chi connectivity index (χ3v) is 4.56. The molecule has 6 heteroatoms. The maximum absolute atomic E-state index is 12.9. The molecular formula is C22H38N4O2. The molecular weight excluding hydrogens is 352 g/mol. The van der Waals surface area contributed by atoms with Gasteiger partial charge >= 0.3 is 6.03 Å². The van der Waals surface area contributed by atoms with Crippen molar-refractivity contribution in [3.05, 3.63) is 23.8 Å². The van der Waals surface area contributed by atoms with Crippen LogP contribution in [0.25, 0.3) is 0 Å². The van der Waals surface area contributed by atoms with E-state index in [-0.39, 0.29) is 29.4 Å². The third-order valence-electron chi connectivity index (χ3n) is 4.56. The van der Waals surface area contributed by atoms with Gasteiger partial charge in [-0.15, -0.1) is 0 Å². The van der Waals surface area contributed by atoms with Crippen LogP contribution < -0.4 is 15.5 Å². The molecule has 158 valence electrons. The van der Waals surface area contributed by atoms with E-state index in [1.807, 2.05) is 76.7 Å². The number of nitrogens with zero attached hydrogens (tertiary/aromatic N) is 2. The molecule has 0 aliphatic heterocycles. The van der Waals surface area contributed by atoms with Gasteiger partial charge in [0.2, 0.25) is 5.91 Å². The average molecular weight is 391 g/mol. The molecule has 0 aromatic heterocycles. The summed E-state index contributed by atoms with van der Waals surface area (Å²) in [6.07, 6.45) is 0.860. The number of hydrogen-bond acceptors (Lipinski definition) is 3. The van der Waals surface area contributed by atoms with Gasteiger partial charge in [0.05, 0.1) is 0 Å². The van der Waals surface area contributed by atoms with Crippen LogP contribution in [0.4, 0.5) is 16.2 Å². The molecule has 0 spiro atoms. The van der Waals surface area contributed by atoms with Crippen molar-refractivity contribution in [1.82, 2.24) is 10.2 Å². The number of benzene rings is 1. The fraction of sp³-hybridized carbons (Fsp3) is 0.636. The molecule has 3 amide bonds. The average Bonchev–Trinajstić information content (AvgIpc) is 2.57. The second-order valence-corrected chi connectivity index (χ2v) is 8.95. The number of anilines is 2. The molecule has 0 saturated heterocycles. The van der Waals surface area contributed by atoms with E-state index < -0.39 is 0 Å². The summed E-state index contributed by atoms with van der Waals surface area (Å²) in [4.78, 5) is 28.9. The fourth-order valence-corrected chi connectivity index (χ4v) is 2.74. The molecule has 0 aliphatic carbocycles. The van der Waals surface area contributed by atoms with Crippen molar-refractivity contribution in [3.8, 4) is 0 Å². The van der Waals surface area contributed by atoms with E-state index in [1.165, 1.54) is 0 Å². The summed E-state index contributed by atoms with van der Waals surface area (Å²) in [5.74, 6) is -0.112. The molecule has 0 saturated carbocycles. The van der Waals surface area contributed by atoms with Gasteiger partial charge in [0.25, 0.3) is 0 Å². The van der Waals surface area contributed by atoms with Crippen LogP contribution in [-0.4, -0.2) is 42.5 Å². The molecule has 0 aliphatic rings. The first-order valence-electron chi connectivity index (χ1n) is 10.1. The highest BCUT2D eigenvalue weighted by atomic mass is 16.2. The molecule has 1 atom stereocenters. The minimum atomic E-state index is -0.305. The number of urea groups is 1. The molecule has 0 bridgehead atoms. The van der Waals surface area contributed by atoms with Gasteiger partial charge < -0.3 is 20.4 Å². The van der Waals surface area contributed by atoms with E-state index in [4.69, 9.17) is 0 Å². The number of hydrogen-bond donors (Lipinski definition) is 2. The lowest BCUT2D eigenvalue weighted by molar-refractivity contribution is -0.118. The quantitative estimate of drug-likeness (QED) is 0.723. The van der Waals surface area contributed by atoms with E-state index in [9.17, 15) is 9.59 Å². The Morgan fingerprint density at radius 3 is 2.18 bits per heavy atom. The van der Waals surface area contributed by atoms with Gasteiger partial charge in [-0.3, -0.25) is 4.79 Å². The van der Waals surface area contributed by atoms with E-state index in [2.05, 4.69) is 24.5 Å². The first-order valence-corrected chi connectivity index (χ1v) is 10.1. The Morgan fingerprint density at radius 2 is 1.71 bits per heavy atom. The van der Waals surface area contributed by atoms with Crippen LogP contribution in [0.2, 0.25) is 0 Å². The Labute approximate surface area is 170 Å². The highest BCUT2D eigenvalue weighted by molar-refractivity contribution is 5.92. The van der Waals surface area contributed by atoms with Crippen LogP contribution in [0.1, 0.15) is 60.5 Å². The van der Waals surface area contributed by atoms with E-state index in [0.717, 1.165) is 23.4 Å². The Hall–Kier alpha value is -2.24. The molecule has 1 aromatic carbocycles. The van der Waals surface area contributed by atoms with Gasteiger partial charge in [-0.25, -0.2) is 4.79 Å². The van der Waals surface area contributed by atoms with Crippen molar-refractivity contribution in [1.29, 1.82) is 0 Å². The number of carbonyl (C=O) groups excluding carboxylic acids is 2. The van der Waals surface area contributed by atoms with Crippen molar-refractivity contribution in [2.75, 3.05) is 24.3 Å². The summed E-state index contributed by atoms with van der Waals surface area (Å²) in [5, 5.41) is 6.02. The van der Waals surface area contributed by atoms with Crippen LogP contribution in [0.5, 0.6) is 0 Å². The van der Waals surface area contributed by atoms with Crippen molar-refractivity contribution < 1.29 is 9.59 Å². The van der Waals surface area contributed by atoms with Gasteiger partial charge in [-0.1, -0.05) is 20.8 Å². The van der Waals surface area contributed by atoms with Crippen LogP contribution in [0.15, 0.2) is 18.2 Å². The maximum atomic E-state index is 12.9. The van der Waals surface area contributed by atoms with Gasteiger partial charge in [-0.05, 0) is 57.9 Å². The van der Waals surface area contributed by atoms with Crippen molar-refractivity contribution in [3.63, 3.8) is 0 Å². The van der Waals surface area contributed by atoms with Gasteiger partial charge in [0.1, 0.15) is 0 Å². The zero-order chi connectivity index (χ0) is 21.6. The first kappa shape index (κ1) is 23.8. The molecule has 6 nitrogen and oxygen atoms in total. The molecule has 0 unspecified atom stereocenters. The standard InChI is InChI=1S/C22H38N4O2/c1-10-16(4)26(21(28)24-22(5,6)7)14-17-13-18(23-20(27)15(2)3)11-12-19(17)25(8)9/h11-13,15-16H,10,14H2,1-9H3,(H,23,27)(H,24,28)/t16-/m1/s1. The van der Waals surface area contributed by atoms with Crippen molar-refractivity contribution in [2.24, 2.45) is 5.92 Å². The molecule has 1 aromatic rings. The molecule has 1 rings (SSSR count). The molecule has 28 heavy (non-hydrogen) atoms. The smallest absolute Gasteiger partial charge is 0.318 e. The normalized spacial score (nSPS) is 12.5. The Kier molecular flexibility index (Phi) is 8.33. The lowest BCUT2D eigenvalue weighted by Crippen LogP contribution is -2.51. The maximum Gasteiger partial charge on any atom is 0.318 e. The van der Waals surface area contributed by atoms with Crippen LogP contribution in [0.3, 0.4) is 0 Å². The van der Waals surface area contributed by atoms with Crippen molar-refractivity contribution >= 4 is 23.3 Å². The predicted molar refractivity (Wildman–Crippen MR) is 118 cm³/mol. The van der Waals surface area contributed by atoms with Crippen LogP contribution in [-0.2, 0) is 11.3 Å². The Bertz CT molecular complexity index is 678. The number of carbonyl (C=O) groups is 2. The van der Waals surface area contributed by atoms with E-state index in [0.29, 0.717) is 6.54 Å². The number of amides is 3. The van der Waals surface area contributed by atoms with E-state index >= 15 is 0 Å². The lowest BCUT2D eigenvalue weighted by Gasteiger charge is -2.33. The zero-order valence-electron chi connectivity index (χ0n) is 19.0. The van der Waals surface area contributed by atoms with Gasteiger partial charge in [0.15, 0.2) is 0 Å². The molecule has 2 N–H and O–H groups in total. The van der Waals surface area contributed by atoms with Gasteiger partial charge in [0, 0.05) is 49.5 Å². The Morgan fingerprint density at radius 1 is 1.11 bits per heavy atom. The summed E-state index contributed by atoms with van der Waals surface area (Å²) < 4.78 is 0. The van der Waals surface area contributed by atoms with Crippen molar-refractivity contribution in [2.45, 2.75) is 73.0 Å². The fourth-order valence-electron chi connectivity index (χ4n) is 2.74.